The molecule has 2 amide bonds. The Morgan fingerprint density at radius 3 is 2.39 bits per heavy atom. The van der Waals surface area contributed by atoms with Gasteiger partial charge in [0.25, 0.3) is 5.91 Å². The third-order valence-electron chi connectivity index (χ3n) is 5.41. The molecule has 0 fully saturated rings. The predicted octanol–water partition coefficient (Wildman–Crippen LogP) is 5.32. The number of para-hydroxylation sites is 1. The van der Waals surface area contributed by atoms with E-state index in [1.54, 1.807) is 29.2 Å². The molecular formula is C25H21F3N2O2S. The molecule has 0 atom stereocenters. The highest BCUT2D eigenvalue weighted by molar-refractivity contribution is 8.00. The van der Waals surface area contributed by atoms with E-state index in [0.29, 0.717) is 22.6 Å². The summed E-state index contributed by atoms with van der Waals surface area (Å²) in [6.07, 6.45) is -3.57. The Bertz CT molecular complexity index is 1160. The summed E-state index contributed by atoms with van der Waals surface area (Å²) in [5.41, 5.74) is 2.34. The van der Waals surface area contributed by atoms with Gasteiger partial charge in [0, 0.05) is 23.7 Å². The van der Waals surface area contributed by atoms with Crippen molar-refractivity contribution in [1.82, 2.24) is 5.32 Å². The molecule has 4 nitrogen and oxygen atoms in total. The number of rotatable bonds is 6. The van der Waals surface area contributed by atoms with Gasteiger partial charge in [-0.2, -0.15) is 13.2 Å². The number of carbonyl (C=O) groups is 2. The van der Waals surface area contributed by atoms with E-state index in [1.165, 1.54) is 23.9 Å². The van der Waals surface area contributed by atoms with Crippen LogP contribution in [0.1, 0.15) is 27.0 Å². The third-order valence-corrected chi connectivity index (χ3v) is 6.46. The minimum atomic E-state index is -4.40. The van der Waals surface area contributed by atoms with Gasteiger partial charge in [0.15, 0.2) is 0 Å². The fourth-order valence-corrected chi connectivity index (χ4v) is 4.61. The minimum Gasteiger partial charge on any atom is -0.348 e. The first-order valence-corrected chi connectivity index (χ1v) is 11.4. The molecular weight excluding hydrogens is 449 g/mol. The largest absolute Gasteiger partial charge is 0.416 e. The van der Waals surface area contributed by atoms with Crippen LogP contribution in [0.25, 0.3) is 0 Å². The van der Waals surface area contributed by atoms with Crippen molar-refractivity contribution < 1.29 is 22.8 Å². The van der Waals surface area contributed by atoms with Gasteiger partial charge < -0.3 is 10.2 Å². The summed E-state index contributed by atoms with van der Waals surface area (Å²) in [6, 6.07) is 19.5. The molecule has 0 aliphatic carbocycles. The van der Waals surface area contributed by atoms with Gasteiger partial charge in [-0.3, -0.25) is 9.59 Å². The van der Waals surface area contributed by atoms with Crippen LogP contribution in [-0.4, -0.2) is 24.1 Å². The van der Waals surface area contributed by atoms with E-state index in [0.717, 1.165) is 29.8 Å². The number of thioether (sulfide) groups is 1. The maximum atomic E-state index is 12.8. The SMILES string of the molecule is O=C(NCc1ccc(C(F)(F)F)cc1)c1ccccc1SCC(=O)N1CCc2ccccc21. The molecule has 1 aliphatic heterocycles. The van der Waals surface area contributed by atoms with Crippen molar-refractivity contribution in [3.8, 4) is 0 Å². The molecule has 170 valence electrons. The monoisotopic (exact) mass is 470 g/mol. The van der Waals surface area contributed by atoms with Gasteiger partial charge in [0.1, 0.15) is 0 Å². The number of alkyl halides is 3. The first kappa shape index (κ1) is 22.9. The van der Waals surface area contributed by atoms with Crippen LogP contribution in [0.4, 0.5) is 18.9 Å². The number of nitrogens with one attached hydrogen (secondary N) is 1. The molecule has 3 aromatic carbocycles. The topological polar surface area (TPSA) is 49.4 Å². The van der Waals surface area contributed by atoms with Crippen molar-refractivity contribution in [3.05, 3.63) is 95.1 Å². The van der Waals surface area contributed by atoms with E-state index < -0.39 is 11.7 Å². The lowest BCUT2D eigenvalue weighted by Gasteiger charge is -2.17. The quantitative estimate of drug-likeness (QED) is 0.497. The van der Waals surface area contributed by atoms with E-state index in [-0.39, 0.29) is 24.1 Å². The normalized spacial score (nSPS) is 13.0. The van der Waals surface area contributed by atoms with Crippen molar-refractivity contribution >= 4 is 29.3 Å². The number of anilines is 1. The molecule has 33 heavy (non-hydrogen) atoms. The number of halogens is 3. The summed E-state index contributed by atoms with van der Waals surface area (Å²) in [5, 5.41) is 2.74. The fraction of sp³-hybridized carbons (Fsp3) is 0.200. The van der Waals surface area contributed by atoms with Gasteiger partial charge in [0.2, 0.25) is 5.91 Å². The summed E-state index contributed by atoms with van der Waals surface area (Å²) < 4.78 is 38.1. The van der Waals surface area contributed by atoms with Crippen LogP contribution in [0.5, 0.6) is 0 Å². The highest BCUT2D eigenvalue weighted by Crippen LogP contribution is 2.30. The lowest BCUT2D eigenvalue weighted by Crippen LogP contribution is -2.30. The second kappa shape index (κ2) is 9.70. The first-order chi connectivity index (χ1) is 15.8. The average Bonchev–Trinajstić information content (AvgIpc) is 3.25. The fourth-order valence-electron chi connectivity index (χ4n) is 3.68. The first-order valence-electron chi connectivity index (χ1n) is 10.4. The molecule has 0 saturated heterocycles. The van der Waals surface area contributed by atoms with Gasteiger partial charge in [-0.05, 0) is 47.9 Å². The van der Waals surface area contributed by atoms with E-state index in [4.69, 9.17) is 0 Å². The summed E-state index contributed by atoms with van der Waals surface area (Å²) in [6.45, 7) is 0.744. The van der Waals surface area contributed by atoms with Gasteiger partial charge in [0.05, 0.1) is 16.9 Å². The zero-order chi connectivity index (χ0) is 23.4. The number of hydrogen-bond donors (Lipinski definition) is 1. The van der Waals surface area contributed by atoms with Crippen LogP contribution in [0.15, 0.2) is 77.7 Å². The zero-order valence-corrected chi connectivity index (χ0v) is 18.4. The molecule has 0 bridgehead atoms. The highest BCUT2D eigenvalue weighted by atomic mass is 32.2. The number of fused-ring (bicyclic) bond motifs is 1. The Hall–Kier alpha value is -3.26. The second-order valence-corrected chi connectivity index (χ2v) is 8.60. The Labute approximate surface area is 193 Å². The Kier molecular flexibility index (Phi) is 6.74. The maximum Gasteiger partial charge on any atom is 0.416 e. The van der Waals surface area contributed by atoms with Crippen LogP contribution in [0, 0.1) is 0 Å². The highest BCUT2D eigenvalue weighted by Gasteiger charge is 2.30. The predicted molar refractivity (Wildman–Crippen MR) is 122 cm³/mol. The average molecular weight is 471 g/mol. The molecule has 0 saturated carbocycles. The molecule has 0 radical (unpaired) electrons. The Morgan fingerprint density at radius 1 is 0.939 bits per heavy atom. The van der Waals surface area contributed by atoms with Crippen molar-refractivity contribution in [2.45, 2.75) is 24.0 Å². The standard InChI is InChI=1S/C25H21F3N2O2S/c26-25(27,28)19-11-9-17(10-12-19)15-29-24(32)20-6-2-4-8-22(20)33-16-23(31)30-14-13-18-5-1-3-7-21(18)30/h1-12H,13-16H2,(H,29,32). The molecule has 1 aliphatic rings. The second-order valence-electron chi connectivity index (χ2n) is 7.59. The summed E-state index contributed by atoms with van der Waals surface area (Å²) in [7, 11) is 0. The van der Waals surface area contributed by atoms with Crippen molar-refractivity contribution in [3.63, 3.8) is 0 Å². The van der Waals surface area contributed by atoms with Crippen LogP contribution < -0.4 is 10.2 Å². The summed E-state index contributed by atoms with van der Waals surface area (Å²) >= 11 is 1.29. The number of nitrogens with zero attached hydrogens (tertiary/aromatic N) is 1. The van der Waals surface area contributed by atoms with Gasteiger partial charge in [-0.1, -0.05) is 42.5 Å². The van der Waals surface area contributed by atoms with Crippen molar-refractivity contribution in [1.29, 1.82) is 0 Å². The Morgan fingerprint density at radius 2 is 1.64 bits per heavy atom. The lowest BCUT2D eigenvalue weighted by molar-refractivity contribution is -0.137. The molecule has 8 heteroatoms. The molecule has 1 heterocycles. The van der Waals surface area contributed by atoms with Crippen molar-refractivity contribution in [2.75, 3.05) is 17.2 Å². The zero-order valence-electron chi connectivity index (χ0n) is 17.6. The van der Waals surface area contributed by atoms with Crippen LogP contribution in [0.2, 0.25) is 0 Å². The summed E-state index contributed by atoms with van der Waals surface area (Å²) in [4.78, 5) is 28.0. The molecule has 3 aromatic rings. The van der Waals surface area contributed by atoms with E-state index >= 15 is 0 Å². The molecule has 0 unspecified atom stereocenters. The number of hydrogen-bond acceptors (Lipinski definition) is 3. The number of amides is 2. The molecule has 4 rings (SSSR count). The third kappa shape index (κ3) is 5.39. The van der Waals surface area contributed by atoms with Gasteiger partial charge >= 0.3 is 6.18 Å². The minimum absolute atomic E-state index is 0.0232. The van der Waals surface area contributed by atoms with E-state index in [1.807, 2.05) is 24.3 Å². The maximum absolute atomic E-state index is 12.8. The smallest absolute Gasteiger partial charge is 0.348 e. The van der Waals surface area contributed by atoms with Gasteiger partial charge in [-0.15, -0.1) is 11.8 Å². The Balaban J connectivity index is 1.37. The van der Waals surface area contributed by atoms with Crippen molar-refractivity contribution in [2.24, 2.45) is 0 Å². The number of benzene rings is 3. The molecule has 0 aromatic heterocycles. The van der Waals surface area contributed by atoms with Crippen LogP contribution in [0.3, 0.4) is 0 Å². The van der Waals surface area contributed by atoms with E-state index in [2.05, 4.69) is 5.32 Å². The number of carbonyl (C=O) groups excluding carboxylic acids is 2. The van der Waals surface area contributed by atoms with E-state index in [9.17, 15) is 22.8 Å². The summed E-state index contributed by atoms with van der Waals surface area (Å²) in [5.74, 6) is -0.181. The van der Waals surface area contributed by atoms with Crippen LogP contribution in [-0.2, 0) is 23.9 Å². The molecule has 0 spiro atoms. The lowest BCUT2D eigenvalue weighted by atomic mass is 10.1. The van der Waals surface area contributed by atoms with Gasteiger partial charge in [-0.25, -0.2) is 0 Å². The molecule has 1 N–H and O–H groups in total. The van der Waals surface area contributed by atoms with Crippen LogP contribution >= 0.6 is 11.8 Å².